The molecule has 1 amide bonds. The van der Waals surface area contributed by atoms with E-state index in [1.54, 1.807) is 7.11 Å². The van der Waals surface area contributed by atoms with Crippen LogP contribution in [0.4, 0.5) is 0 Å². The van der Waals surface area contributed by atoms with Gasteiger partial charge >= 0.3 is 0 Å². The molecule has 0 atom stereocenters. The predicted octanol–water partition coefficient (Wildman–Crippen LogP) is 6.04. The smallest absolute Gasteiger partial charge is 0.278 e. The molecule has 3 nitrogen and oxygen atoms in total. The zero-order valence-corrected chi connectivity index (χ0v) is 17.8. The van der Waals surface area contributed by atoms with E-state index in [2.05, 4.69) is 26.8 Å². The summed E-state index contributed by atoms with van der Waals surface area (Å²) >= 11 is 17.7. The lowest BCUT2D eigenvalue weighted by Crippen LogP contribution is -2.36. The first-order chi connectivity index (χ1) is 12.0. The van der Waals surface area contributed by atoms with Crippen molar-refractivity contribution in [3.63, 3.8) is 0 Å². The second kappa shape index (κ2) is 8.24. The molecule has 0 heterocycles. The Hall–Kier alpha value is -1.16. The number of carbonyl (C=O) groups excluding carboxylic acids is 1. The van der Waals surface area contributed by atoms with Crippen LogP contribution in [0.2, 0.25) is 0 Å². The monoisotopic (exact) mass is 415 g/mol. The number of allylic oxidation sites excluding steroid dienone is 3. The van der Waals surface area contributed by atoms with Gasteiger partial charge in [0.2, 0.25) is 0 Å². The minimum atomic E-state index is -2.01. The summed E-state index contributed by atoms with van der Waals surface area (Å²) in [7, 11) is 1.61. The van der Waals surface area contributed by atoms with Crippen molar-refractivity contribution in [2.75, 3.05) is 7.11 Å². The van der Waals surface area contributed by atoms with E-state index in [4.69, 9.17) is 39.5 Å². The van der Waals surface area contributed by atoms with Crippen LogP contribution in [0.15, 0.2) is 47.7 Å². The fourth-order valence-corrected chi connectivity index (χ4v) is 3.45. The van der Waals surface area contributed by atoms with Crippen LogP contribution in [0, 0.1) is 5.41 Å². The molecule has 6 heteroatoms. The highest BCUT2D eigenvalue weighted by atomic mass is 35.6. The van der Waals surface area contributed by atoms with Crippen molar-refractivity contribution >= 4 is 40.7 Å². The molecule has 1 aliphatic rings. The van der Waals surface area contributed by atoms with Crippen molar-refractivity contribution in [1.29, 1.82) is 0 Å². The van der Waals surface area contributed by atoms with Crippen LogP contribution in [-0.2, 0) is 11.3 Å². The van der Waals surface area contributed by atoms with Gasteiger partial charge in [-0.05, 0) is 54.0 Å². The van der Waals surface area contributed by atoms with Crippen molar-refractivity contribution in [2.24, 2.45) is 5.41 Å². The Bertz CT molecular complexity index is 716. The van der Waals surface area contributed by atoms with E-state index >= 15 is 0 Å². The van der Waals surface area contributed by atoms with Crippen molar-refractivity contribution in [2.45, 2.75) is 44.0 Å². The number of methoxy groups -OCH3 is 1. The van der Waals surface area contributed by atoms with Gasteiger partial charge in [0.15, 0.2) is 0 Å². The molecule has 1 aromatic rings. The number of nitrogens with zero attached hydrogens (tertiary/aromatic N) is 1. The molecule has 0 unspecified atom stereocenters. The molecule has 0 saturated heterocycles. The number of ether oxygens (including phenoxy) is 1. The summed E-state index contributed by atoms with van der Waals surface area (Å²) in [4.78, 5) is 14.2. The lowest BCUT2D eigenvalue weighted by molar-refractivity contribution is -0.128. The zero-order chi connectivity index (χ0) is 19.5. The molecule has 0 aromatic heterocycles. The first kappa shape index (κ1) is 21.1. The Morgan fingerprint density at radius 1 is 1.27 bits per heavy atom. The van der Waals surface area contributed by atoms with E-state index in [-0.39, 0.29) is 5.41 Å². The quantitative estimate of drug-likeness (QED) is 0.560. The van der Waals surface area contributed by atoms with Gasteiger partial charge in [0, 0.05) is 6.20 Å². The fourth-order valence-electron chi connectivity index (χ4n) is 3.13. The SMILES string of the molecule is COc1ccc(CN(/C=C2\C(C)=CCCC2(C)C)C(=O)C(Cl)(Cl)Cl)cc1. The average Bonchev–Trinajstić information content (AvgIpc) is 2.56. The summed E-state index contributed by atoms with van der Waals surface area (Å²) in [5.41, 5.74) is 3.10. The van der Waals surface area contributed by atoms with Gasteiger partial charge in [-0.1, -0.05) is 66.9 Å². The Morgan fingerprint density at radius 3 is 2.38 bits per heavy atom. The van der Waals surface area contributed by atoms with Gasteiger partial charge < -0.3 is 9.64 Å². The highest BCUT2D eigenvalue weighted by Gasteiger charge is 2.36. The number of rotatable bonds is 4. The molecular formula is C20H24Cl3NO2. The minimum absolute atomic E-state index is 0.0507. The van der Waals surface area contributed by atoms with E-state index < -0.39 is 9.70 Å². The zero-order valence-electron chi connectivity index (χ0n) is 15.5. The summed E-state index contributed by atoms with van der Waals surface area (Å²) in [5, 5.41) is 0. The number of hydrogen-bond donors (Lipinski definition) is 0. The molecular weight excluding hydrogens is 393 g/mol. The third-order valence-corrected chi connectivity index (χ3v) is 5.16. The van der Waals surface area contributed by atoms with Crippen LogP contribution in [0.25, 0.3) is 0 Å². The van der Waals surface area contributed by atoms with E-state index in [1.807, 2.05) is 30.5 Å². The summed E-state index contributed by atoms with van der Waals surface area (Å²) in [6.07, 6.45) is 6.05. The van der Waals surface area contributed by atoms with Crippen molar-refractivity contribution < 1.29 is 9.53 Å². The van der Waals surface area contributed by atoms with E-state index in [1.165, 1.54) is 4.90 Å². The number of amides is 1. The molecule has 0 N–H and O–H groups in total. The molecule has 0 radical (unpaired) electrons. The van der Waals surface area contributed by atoms with Crippen LogP contribution in [0.5, 0.6) is 5.75 Å². The lowest BCUT2D eigenvalue weighted by atomic mass is 9.73. The van der Waals surface area contributed by atoms with Crippen LogP contribution < -0.4 is 4.74 Å². The highest BCUT2D eigenvalue weighted by molar-refractivity contribution is 6.76. The highest BCUT2D eigenvalue weighted by Crippen LogP contribution is 2.41. The van der Waals surface area contributed by atoms with Crippen LogP contribution in [0.1, 0.15) is 39.2 Å². The van der Waals surface area contributed by atoms with E-state index in [0.717, 1.165) is 35.3 Å². The minimum Gasteiger partial charge on any atom is -0.497 e. The van der Waals surface area contributed by atoms with Gasteiger partial charge in [-0.2, -0.15) is 0 Å². The third kappa shape index (κ3) is 5.18. The normalized spacial score (nSPS) is 18.4. The van der Waals surface area contributed by atoms with Crippen molar-refractivity contribution in [1.82, 2.24) is 4.90 Å². The first-order valence-corrected chi connectivity index (χ1v) is 9.58. The second-order valence-corrected chi connectivity index (χ2v) is 9.41. The lowest BCUT2D eigenvalue weighted by Gasteiger charge is -2.34. The molecule has 0 bridgehead atoms. The second-order valence-electron chi connectivity index (χ2n) is 7.13. The van der Waals surface area contributed by atoms with Gasteiger partial charge in [0.1, 0.15) is 5.75 Å². The van der Waals surface area contributed by atoms with Crippen molar-refractivity contribution in [3.8, 4) is 5.75 Å². The van der Waals surface area contributed by atoms with E-state index in [9.17, 15) is 4.79 Å². The molecule has 142 valence electrons. The Kier molecular flexibility index (Phi) is 6.70. The average molecular weight is 417 g/mol. The maximum absolute atomic E-state index is 12.7. The Labute approximate surface area is 170 Å². The van der Waals surface area contributed by atoms with Crippen LogP contribution in [-0.4, -0.2) is 21.7 Å². The molecule has 26 heavy (non-hydrogen) atoms. The molecule has 0 saturated carbocycles. The molecule has 1 aromatic carbocycles. The fraction of sp³-hybridized carbons (Fsp3) is 0.450. The maximum atomic E-state index is 12.7. The number of halogens is 3. The maximum Gasteiger partial charge on any atom is 0.278 e. The third-order valence-electron chi connectivity index (χ3n) is 4.67. The number of hydrogen-bond acceptors (Lipinski definition) is 2. The molecule has 0 aliphatic heterocycles. The topological polar surface area (TPSA) is 29.5 Å². The van der Waals surface area contributed by atoms with Crippen LogP contribution >= 0.6 is 34.8 Å². The van der Waals surface area contributed by atoms with Gasteiger partial charge in [-0.25, -0.2) is 0 Å². The Balaban J connectivity index is 2.40. The summed E-state index contributed by atoms with van der Waals surface area (Å²) in [6, 6.07) is 7.47. The van der Waals surface area contributed by atoms with Gasteiger partial charge in [0.25, 0.3) is 9.70 Å². The molecule has 1 aliphatic carbocycles. The molecule has 2 rings (SSSR count). The standard InChI is InChI=1S/C20H24Cl3NO2/c1-14-6-5-11-19(2,3)17(14)13-24(18(25)20(21,22)23)12-15-7-9-16(26-4)10-8-15/h6-10,13H,5,11-12H2,1-4H3/b17-13+. The van der Waals surface area contributed by atoms with Gasteiger partial charge in [0.05, 0.1) is 13.7 Å². The summed E-state index contributed by atoms with van der Waals surface area (Å²) in [6.45, 7) is 6.70. The number of benzene rings is 1. The van der Waals surface area contributed by atoms with Crippen molar-refractivity contribution in [3.05, 3.63) is 53.3 Å². The van der Waals surface area contributed by atoms with Gasteiger partial charge in [-0.15, -0.1) is 0 Å². The number of carbonyl (C=O) groups is 1. The largest absolute Gasteiger partial charge is 0.497 e. The van der Waals surface area contributed by atoms with Crippen LogP contribution in [0.3, 0.4) is 0 Å². The summed E-state index contributed by atoms with van der Waals surface area (Å²) < 4.78 is 3.16. The molecule has 0 spiro atoms. The van der Waals surface area contributed by atoms with Gasteiger partial charge in [-0.3, -0.25) is 4.79 Å². The Morgan fingerprint density at radius 2 is 1.88 bits per heavy atom. The number of alkyl halides is 3. The summed E-state index contributed by atoms with van der Waals surface area (Å²) in [5.74, 6) is 0.179. The molecule has 0 fully saturated rings. The predicted molar refractivity (Wildman–Crippen MR) is 109 cm³/mol. The van der Waals surface area contributed by atoms with E-state index in [0.29, 0.717) is 6.54 Å². The first-order valence-electron chi connectivity index (χ1n) is 8.45.